The molecule has 1 aliphatic heterocycles. The molecule has 0 radical (unpaired) electrons. The minimum atomic E-state index is -0.486. The second-order valence-electron chi connectivity index (χ2n) is 12.7. The molecular weight excluding hydrogens is 713 g/mol. The van der Waals surface area contributed by atoms with Gasteiger partial charge in [-0.25, -0.2) is 9.97 Å². The number of benzene rings is 2. The highest BCUT2D eigenvalue weighted by atomic mass is 35.5. The van der Waals surface area contributed by atoms with Gasteiger partial charge in [-0.3, -0.25) is 24.3 Å². The van der Waals surface area contributed by atoms with Gasteiger partial charge in [-0.15, -0.1) is 0 Å². The lowest BCUT2D eigenvalue weighted by Gasteiger charge is -2.30. The maximum atomic E-state index is 13.2. The Balaban J connectivity index is 1.06. The van der Waals surface area contributed by atoms with E-state index in [4.69, 9.17) is 32.9 Å². The van der Waals surface area contributed by atoms with E-state index in [9.17, 15) is 14.4 Å². The number of rotatable bonds is 11. The monoisotopic (exact) mass is 751 g/mol. The normalized spacial score (nSPS) is 12.9. The first-order valence-corrected chi connectivity index (χ1v) is 18.0. The summed E-state index contributed by atoms with van der Waals surface area (Å²) in [4.78, 5) is 56.9. The zero-order valence-electron chi connectivity index (χ0n) is 29.7. The number of anilines is 3. The molecule has 0 saturated carbocycles. The maximum absolute atomic E-state index is 13.2. The van der Waals surface area contributed by atoms with Crippen LogP contribution in [0, 0.1) is 6.92 Å². The summed E-state index contributed by atoms with van der Waals surface area (Å²) in [6.07, 6.45) is 9.49. The molecule has 0 spiro atoms. The van der Waals surface area contributed by atoms with Crippen molar-refractivity contribution in [2.24, 2.45) is 0 Å². The fourth-order valence-corrected chi connectivity index (χ4v) is 6.68. The van der Waals surface area contributed by atoms with Gasteiger partial charge in [0.15, 0.2) is 0 Å². The summed E-state index contributed by atoms with van der Waals surface area (Å²) in [5.74, 6) is -0.0996. The molecule has 3 amide bonds. The predicted octanol–water partition coefficient (Wildman–Crippen LogP) is 7.28. The first-order valence-electron chi connectivity index (χ1n) is 17.2. The maximum Gasteiger partial charge on any atom is 0.277 e. The number of fused-ring (bicyclic) bond motifs is 1. The molecule has 1 N–H and O–H groups in total. The van der Waals surface area contributed by atoms with E-state index in [1.807, 2.05) is 19.1 Å². The van der Waals surface area contributed by atoms with Crippen molar-refractivity contribution in [3.05, 3.63) is 118 Å². The van der Waals surface area contributed by atoms with Crippen LogP contribution in [0.4, 0.5) is 17.2 Å². The highest BCUT2D eigenvalue weighted by Crippen LogP contribution is 2.37. The van der Waals surface area contributed by atoms with Crippen LogP contribution < -0.4 is 24.8 Å². The van der Waals surface area contributed by atoms with E-state index in [0.29, 0.717) is 33.4 Å². The summed E-state index contributed by atoms with van der Waals surface area (Å²) < 4.78 is 6.31. The minimum absolute atomic E-state index is 0.0494. The predicted molar refractivity (Wildman–Crippen MR) is 210 cm³/mol. The van der Waals surface area contributed by atoms with Gasteiger partial charge >= 0.3 is 0 Å². The molecule has 2 aromatic carbocycles. The van der Waals surface area contributed by atoms with Crippen LogP contribution >= 0.6 is 23.2 Å². The van der Waals surface area contributed by atoms with Crippen molar-refractivity contribution in [2.45, 2.75) is 32.8 Å². The van der Waals surface area contributed by atoms with Gasteiger partial charge in [-0.1, -0.05) is 47.5 Å². The third kappa shape index (κ3) is 8.76. The topological polar surface area (TPSA) is 121 Å². The zero-order valence-corrected chi connectivity index (χ0v) is 31.2. The van der Waals surface area contributed by atoms with Gasteiger partial charge in [-0.05, 0) is 80.3 Å². The van der Waals surface area contributed by atoms with Crippen molar-refractivity contribution in [2.75, 3.05) is 48.4 Å². The fourth-order valence-electron chi connectivity index (χ4n) is 6.07. The molecule has 1 fully saturated rings. The molecule has 0 unspecified atom stereocenters. The van der Waals surface area contributed by atoms with Crippen molar-refractivity contribution in [3.8, 4) is 5.75 Å². The smallest absolute Gasteiger partial charge is 0.277 e. The van der Waals surface area contributed by atoms with Crippen LogP contribution in [-0.4, -0.2) is 66.4 Å². The molecule has 1 saturated heterocycles. The quantitative estimate of drug-likeness (QED) is 0.140. The summed E-state index contributed by atoms with van der Waals surface area (Å²) in [6, 6.07) is 19.9. The van der Waals surface area contributed by atoms with E-state index in [0.717, 1.165) is 48.2 Å². The molecule has 0 aliphatic carbocycles. The third-order valence-electron chi connectivity index (χ3n) is 9.02. The van der Waals surface area contributed by atoms with Gasteiger partial charge in [0.2, 0.25) is 11.8 Å². The molecule has 0 bridgehead atoms. The van der Waals surface area contributed by atoms with Crippen molar-refractivity contribution >= 4 is 75.1 Å². The van der Waals surface area contributed by atoms with Gasteiger partial charge in [0.25, 0.3) is 5.91 Å². The number of hydrogen-bond donors (Lipinski definition) is 1. The first kappa shape index (κ1) is 37.2. The van der Waals surface area contributed by atoms with Crippen LogP contribution in [0.5, 0.6) is 5.75 Å². The molecule has 272 valence electrons. The van der Waals surface area contributed by atoms with Gasteiger partial charge in [0.05, 0.1) is 17.3 Å². The number of likely N-dealkylation sites (N-methyl/N-ethyl adjacent to an activating group) is 1. The molecule has 11 nitrogen and oxygen atoms in total. The number of aromatic nitrogens is 3. The minimum Gasteiger partial charge on any atom is -0.487 e. The zero-order chi connectivity index (χ0) is 37.5. The molecule has 13 heteroatoms. The molecule has 6 rings (SSSR count). The number of nitrogens with one attached hydrogen (secondary N) is 1. The molecule has 4 heterocycles. The lowest BCUT2D eigenvalue weighted by Crippen LogP contribution is -2.37. The third-order valence-corrected chi connectivity index (χ3v) is 9.80. The standard InChI is InChI=1S/C40H39Cl2N7O4/c1-26-22-33(49-20-7-4-8-21-49)28-10-9-11-34(39(28)46-26)53-25-29-30(41)15-17-32(38(29)42)47(2)37(51)24-45-36(50)18-14-27-13-16-31(44-23-27)40(52)48(3)35-12-5-6-19-43-35/h5-6,9-19,22-23H,4,7-8,20-21,24-25H2,1-3H3,(H,45,50). The highest BCUT2D eigenvalue weighted by Gasteiger charge is 2.21. The number of nitrogens with zero attached hydrogens (tertiary/aromatic N) is 6. The molecule has 53 heavy (non-hydrogen) atoms. The molecule has 3 aromatic heterocycles. The summed E-state index contributed by atoms with van der Waals surface area (Å²) >= 11 is 13.4. The number of carbonyl (C=O) groups is 3. The van der Waals surface area contributed by atoms with Crippen LogP contribution in [-0.2, 0) is 16.2 Å². The number of hydrogen-bond acceptors (Lipinski definition) is 8. The average Bonchev–Trinajstić information content (AvgIpc) is 3.19. The second kappa shape index (κ2) is 16.9. The fraction of sp³-hybridized carbons (Fsp3) is 0.250. The second-order valence-corrected chi connectivity index (χ2v) is 13.4. The summed E-state index contributed by atoms with van der Waals surface area (Å²) in [5.41, 5.74) is 4.58. The Morgan fingerprint density at radius 3 is 2.49 bits per heavy atom. The molecular formula is C40H39Cl2N7O4. The number of halogens is 2. The number of para-hydroxylation sites is 1. The highest BCUT2D eigenvalue weighted by molar-refractivity contribution is 6.38. The Bertz CT molecular complexity index is 2160. The Morgan fingerprint density at radius 1 is 0.943 bits per heavy atom. The van der Waals surface area contributed by atoms with E-state index >= 15 is 0 Å². The molecule has 1 aliphatic rings. The number of piperidine rings is 1. The number of amides is 3. The lowest BCUT2D eigenvalue weighted by molar-refractivity contribution is -0.122. The van der Waals surface area contributed by atoms with E-state index in [1.165, 1.54) is 34.6 Å². The van der Waals surface area contributed by atoms with E-state index in [1.54, 1.807) is 62.8 Å². The van der Waals surface area contributed by atoms with Gasteiger partial charge < -0.3 is 19.9 Å². The van der Waals surface area contributed by atoms with Crippen LogP contribution in [0.25, 0.3) is 17.0 Å². The Kier molecular flexibility index (Phi) is 11.9. The summed E-state index contributed by atoms with van der Waals surface area (Å²) in [6.45, 7) is 3.77. The van der Waals surface area contributed by atoms with Crippen LogP contribution in [0.2, 0.25) is 10.0 Å². The van der Waals surface area contributed by atoms with Crippen LogP contribution in [0.15, 0.2) is 85.2 Å². The first-order chi connectivity index (χ1) is 25.6. The Hall–Kier alpha value is -5.52. The van der Waals surface area contributed by atoms with Crippen LogP contribution in [0.1, 0.15) is 46.6 Å². The largest absolute Gasteiger partial charge is 0.487 e. The number of carbonyl (C=O) groups excluding carboxylic acids is 3. The summed E-state index contributed by atoms with van der Waals surface area (Å²) in [5, 5.41) is 4.28. The van der Waals surface area contributed by atoms with E-state index in [2.05, 4.69) is 32.3 Å². The van der Waals surface area contributed by atoms with E-state index in [-0.39, 0.29) is 29.8 Å². The summed E-state index contributed by atoms with van der Waals surface area (Å²) in [7, 11) is 3.19. The Labute approximate surface area is 318 Å². The van der Waals surface area contributed by atoms with Gasteiger partial charge in [-0.2, -0.15) is 0 Å². The van der Waals surface area contributed by atoms with Crippen molar-refractivity contribution < 1.29 is 19.1 Å². The lowest BCUT2D eigenvalue weighted by atomic mass is 10.1. The van der Waals surface area contributed by atoms with Gasteiger partial charge in [0, 0.05) is 73.0 Å². The molecule has 5 aromatic rings. The number of aryl methyl sites for hydroxylation is 1. The Morgan fingerprint density at radius 2 is 1.75 bits per heavy atom. The van der Waals surface area contributed by atoms with E-state index < -0.39 is 11.8 Å². The average molecular weight is 753 g/mol. The SMILES string of the molecule is Cc1cc(N2CCCCC2)c2cccc(OCc3c(Cl)ccc(N(C)C(=O)CNC(=O)C=Cc4ccc(C(=O)N(C)c5ccccn5)nc4)c3Cl)c2n1. The van der Waals surface area contributed by atoms with Crippen LogP contribution in [0.3, 0.4) is 0 Å². The number of pyridine rings is 3. The van der Waals surface area contributed by atoms with Gasteiger partial charge in [0.1, 0.15) is 29.4 Å². The van der Waals surface area contributed by atoms with Crippen molar-refractivity contribution in [1.82, 2.24) is 20.3 Å². The van der Waals surface area contributed by atoms with Crippen molar-refractivity contribution in [3.63, 3.8) is 0 Å². The van der Waals surface area contributed by atoms with Crippen molar-refractivity contribution in [1.29, 1.82) is 0 Å². The molecule has 0 atom stereocenters. The number of ether oxygens (including phenoxy) is 1.